The van der Waals surface area contributed by atoms with Gasteiger partial charge in [-0.2, -0.15) is 0 Å². The van der Waals surface area contributed by atoms with Gasteiger partial charge in [0.15, 0.2) is 0 Å². The zero-order chi connectivity index (χ0) is 14.8. The van der Waals surface area contributed by atoms with Crippen LogP contribution in [0.5, 0.6) is 0 Å². The Morgan fingerprint density at radius 3 is 2.90 bits per heavy atom. The molecule has 2 aromatic rings. The van der Waals surface area contributed by atoms with E-state index in [0.29, 0.717) is 29.4 Å². The summed E-state index contributed by atoms with van der Waals surface area (Å²) in [5.41, 5.74) is 8.68. The van der Waals surface area contributed by atoms with Crippen LogP contribution in [-0.4, -0.2) is 25.2 Å². The molecule has 0 radical (unpaired) electrons. The fourth-order valence-corrected chi connectivity index (χ4v) is 2.54. The monoisotopic (exact) mass is 299 g/mol. The van der Waals surface area contributed by atoms with Gasteiger partial charge < -0.3 is 10.6 Å². The van der Waals surface area contributed by atoms with Crippen LogP contribution in [0.2, 0.25) is 5.02 Å². The van der Waals surface area contributed by atoms with Crippen molar-refractivity contribution in [2.24, 2.45) is 4.99 Å². The summed E-state index contributed by atoms with van der Waals surface area (Å²) >= 11 is 5.97. The third-order valence-corrected chi connectivity index (χ3v) is 3.58. The van der Waals surface area contributed by atoms with Gasteiger partial charge in [-0.15, -0.1) is 0 Å². The van der Waals surface area contributed by atoms with Crippen LogP contribution in [0.15, 0.2) is 47.5 Å². The molecule has 3 rings (SSSR count). The third-order valence-electron chi connectivity index (χ3n) is 3.34. The van der Waals surface area contributed by atoms with E-state index in [4.69, 9.17) is 17.3 Å². The van der Waals surface area contributed by atoms with Gasteiger partial charge in [-0.05, 0) is 36.4 Å². The molecule has 2 aromatic carbocycles. The second kappa shape index (κ2) is 5.58. The summed E-state index contributed by atoms with van der Waals surface area (Å²) in [6.07, 6.45) is 1.76. The number of benzene rings is 2. The van der Waals surface area contributed by atoms with Crippen molar-refractivity contribution in [1.29, 1.82) is 0 Å². The van der Waals surface area contributed by atoms with Crippen molar-refractivity contribution in [3.63, 3.8) is 0 Å². The van der Waals surface area contributed by atoms with Crippen molar-refractivity contribution in [3.05, 3.63) is 58.6 Å². The van der Waals surface area contributed by atoms with E-state index in [0.717, 1.165) is 11.3 Å². The van der Waals surface area contributed by atoms with Gasteiger partial charge in [-0.25, -0.2) is 0 Å². The molecule has 0 aromatic heterocycles. The molecule has 0 bridgehead atoms. The maximum atomic E-state index is 12.7. The molecule has 4 nitrogen and oxygen atoms in total. The number of rotatable bonds is 1. The minimum atomic E-state index is -0.0889. The van der Waals surface area contributed by atoms with Crippen LogP contribution >= 0.6 is 11.6 Å². The molecule has 1 heterocycles. The number of nitrogens with two attached hydrogens (primary N) is 1. The SMILES string of the molecule is Nc1ccc2c(c1)C=NCCN2C(=O)c1cccc(Cl)c1. The standard InChI is InChI=1S/C16H14ClN3O/c17-13-3-1-2-11(8-13)16(21)20-7-6-19-10-12-9-14(18)4-5-15(12)20/h1-5,8-10H,6-7,18H2. The number of amides is 1. The number of anilines is 2. The lowest BCUT2D eigenvalue weighted by Gasteiger charge is -2.22. The van der Waals surface area contributed by atoms with Gasteiger partial charge in [0.1, 0.15) is 0 Å². The van der Waals surface area contributed by atoms with Crippen LogP contribution in [0.3, 0.4) is 0 Å². The highest BCUT2D eigenvalue weighted by Gasteiger charge is 2.21. The maximum Gasteiger partial charge on any atom is 0.258 e. The first-order valence-electron chi connectivity index (χ1n) is 6.62. The lowest BCUT2D eigenvalue weighted by molar-refractivity contribution is 0.0988. The van der Waals surface area contributed by atoms with Gasteiger partial charge in [0.25, 0.3) is 5.91 Å². The van der Waals surface area contributed by atoms with Crippen LogP contribution in [-0.2, 0) is 0 Å². The summed E-state index contributed by atoms with van der Waals surface area (Å²) in [6.45, 7) is 1.08. The molecule has 2 N–H and O–H groups in total. The van der Waals surface area contributed by atoms with Crippen LogP contribution in [0.25, 0.3) is 0 Å². The van der Waals surface area contributed by atoms with Gasteiger partial charge in [0.2, 0.25) is 0 Å². The Balaban J connectivity index is 2.02. The Morgan fingerprint density at radius 2 is 2.10 bits per heavy atom. The minimum absolute atomic E-state index is 0.0889. The zero-order valence-electron chi connectivity index (χ0n) is 11.3. The number of fused-ring (bicyclic) bond motifs is 1. The van der Waals surface area contributed by atoms with Crippen LogP contribution in [0.1, 0.15) is 15.9 Å². The van der Waals surface area contributed by atoms with Crippen LogP contribution in [0.4, 0.5) is 11.4 Å². The van der Waals surface area contributed by atoms with Crippen molar-refractivity contribution in [2.45, 2.75) is 0 Å². The number of hydrogen-bond acceptors (Lipinski definition) is 3. The van der Waals surface area contributed by atoms with Gasteiger partial charge in [0.05, 0.1) is 12.2 Å². The van der Waals surface area contributed by atoms with Crippen molar-refractivity contribution < 1.29 is 4.79 Å². The maximum absolute atomic E-state index is 12.7. The normalized spacial score (nSPS) is 13.7. The molecule has 1 amide bonds. The third kappa shape index (κ3) is 2.76. The molecule has 0 atom stereocenters. The van der Waals surface area contributed by atoms with E-state index >= 15 is 0 Å². The Labute approximate surface area is 127 Å². The second-order valence-electron chi connectivity index (χ2n) is 4.82. The summed E-state index contributed by atoms with van der Waals surface area (Å²) in [6, 6.07) is 12.4. The topological polar surface area (TPSA) is 58.7 Å². The molecule has 0 fully saturated rings. The van der Waals surface area contributed by atoms with E-state index in [1.807, 2.05) is 12.1 Å². The quantitative estimate of drug-likeness (QED) is 0.823. The summed E-state index contributed by atoms with van der Waals surface area (Å²) in [4.78, 5) is 18.7. The van der Waals surface area contributed by atoms with E-state index in [-0.39, 0.29) is 5.91 Å². The van der Waals surface area contributed by atoms with Crippen molar-refractivity contribution in [3.8, 4) is 0 Å². The number of benzodiazepines with no additional fused rings is 1. The smallest absolute Gasteiger partial charge is 0.258 e. The van der Waals surface area contributed by atoms with Crippen molar-refractivity contribution >= 4 is 35.1 Å². The Bertz CT molecular complexity index is 727. The molecule has 0 saturated heterocycles. The van der Waals surface area contributed by atoms with E-state index in [1.54, 1.807) is 41.4 Å². The molecule has 106 valence electrons. The van der Waals surface area contributed by atoms with E-state index < -0.39 is 0 Å². The average molecular weight is 300 g/mol. The Hall–Kier alpha value is -2.33. The van der Waals surface area contributed by atoms with E-state index in [1.165, 1.54) is 0 Å². The first-order chi connectivity index (χ1) is 10.1. The number of carbonyl (C=O) groups is 1. The number of nitrogen functional groups attached to an aromatic ring is 1. The van der Waals surface area contributed by atoms with Crippen molar-refractivity contribution in [2.75, 3.05) is 23.7 Å². The van der Waals surface area contributed by atoms with E-state index in [2.05, 4.69) is 4.99 Å². The minimum Gasteiger partial charge on any atom is -0.399 e. The lowest BCUT2D eigenvalue weighted by atomic mass is 10.1. The fraction of sp³-hybridized carbons (Fsp3) is 0.125. The number of nitrogens with zero attached hydrogens (tertiary/aromatic N) is 2. The molecule has 0 aliphatic carbocycles. The molecule has 0 unspecified atom stereocenters. The predicted octanol–water partition coefficient (Wildman–Crippen LogP) is 3.00. The second-order valence-corrected chi connectivity index (χ2v) is 5.26. The van der Waals surface area contributed by atoms with Crippen LogP contribution in [0, 0.1) is 0 Å². The van der Waals surface area contributed by atoms with E-state index in [9.17, 15) is 4.79 Å². The van der Waals surface area contributed by atoms with Gasteiger partial charge in [-0.3, -0.25) is 9.79 Å². The molecule has 5 heteroatoms. The fourth-order valence-electron chi connectivity index (χ4n) is 2.35. The Kier molecular flexibility index (Phi) is 3.62. The van der Waals surface area contributed by atoms with Gasteiger partial charge >= 0.3 is 0 Å². The molecule has 0 spiro atoms. The lowest BCUT2D eigenvalue weighted by Crippen LogP contribution is -2.33. The largest absolute Gasteiger partial charge is 0.399 e. The molecule has 1 aliphatic rings. The molecular formula is C16H14ClN3O. The zero-order valence-corrected chi connectivity index (χ0v) is 12.0. The van der Waals surface area contributed by atoms with Gasteiger partial charge in [0, 0.05) is 34.6 Å². The highest BCUT2D eigenvalue weighted by molar-refractivity contribution is 6.31. The average Bonchev–Trinajstić information content (AvgIpc) is 2.68. The highest BCUT2D eigenvalue weighted by atomic mass is 35.5. The molecule has 21 heavy (non-hydrogen) atoms. The first kappa shape index (κ1) is 13.6. The summed E-state index contributed by atoms with van der Waals surface area (Å²) in [5, 5.41) is 0.546. The Morgan fingerprint density at radius 1 is 1.24 bits per heavy atom. The number of carbonyl (C=O) groups excluding carboxylic acids is 1. The summed E-state index contributed by atoms with van der Waals surface area (Å²) in [5.74, 6) is -0.0889. The highest BCUT2D eigenvalue weighted by Crippen LogP contribution is 2.25. The van der Waals surface area contributed by atoms with Crippen LogP contribution < -0.4 is 10.6 Å². The summed E-state index contributed by atoms with van der Waals surface area (Å²) in [7, 11) is 0. The number of hydrogen-bond donors (Lipinski definition) is 1. The number of halogens is 1. The van der Waals surface area contributed by atoms with Gasteiger partial charge in [-0.1, -0.05) is 17.7 Å². The molecule has 1 aliphatic heterocycles. The predicted molar refractivity (Wildman–Crippen MR) is 86.4 cm³/mol. The number of aliphatic imine (C=N–C) groups is 1. The summed E-state index contributed by atoms with van der Waals surface area (Å²) < 4.78 is 0. The molecular weight excluding hydrogens is 286 g/mol. The van der Waals surface area contributed by atoms with Crippen molar-refractivity contribution in [1.82, 2.24) is 0 Å². The molecule has 0 saturated carbocycles. The first-order valence-corrected chi connectivity index (χ1v) is 7.00.